The van der Waals surface area contributed by atoms with Crippen molar-refractivity contribution in [3.63, 3.8) is 0 Å². The minimum atomic E-state index is 0.357. The van der Waals surface area contributed by atoms with E-state index < -0.39 is 0 Å². The summed E-state index contributed by atoms with van der Waals surface area (Å²) < 4.78 is 1.71. The van der Waals surface area contributed by atoms with E-state index in [0.29, 0.717) is 6.54 Å². The van der Waals surface area contributed by atoms with E-state index in [0.717, 1.165) is 12.1 Å². The molecule has 0 fully saturated rings. The van der Waals surface area contributed by atoms with Gasteiger partial charge in [0.1, 0.15) is 6.54 Å². The molecule has 1 heterocycles. The van der Waals surface area contributed by atoms with E-state index in [4.69, 9.17) is 5.26 Å². The monoisotopic (exact) mass is 135 g/mol. The van der Waals surface area contributed by atoms with Crippen LogP contribution in [0.2, 0.25) is 0 Å². The molecule has 3 nitrogen and oxygen atoms in total. The molecule has 0 saturated carbocycles. The average molecular weight is 135 g/mol. The third kappa shape index (κ3) is 1.16. The molecule has 0 aliphatic rings. The molecule has 0 spiro atoms. The van der Waals surface area contributed by atoms with E-state index in [1.165, 1.54) is 0 Å². The summed E-state index contributed by atoms with van der Waals surface area (Å²) in [6, 6.07) is 3.97. The first-order valence-electron chi connectivity index (χ1n) is 3.26. The zero-order chi connectivity index (χ0) is 7.40. The lowest BCUT2D eigenvalue weighted by molar-refractivity contribution is 0.669. The summed E-state index contributed by atoms with van der Waals surface area (Å²) in [4.78, 5) is 0. The van der Waals surface area contributed by atoms with Crippen LogP contribution in [0.5, 0.6) is 0 Å². The molecule has 3 heteroatoms. The molecule has 0 aliphatic carbocycles. The molecular weight excluding hydrogens is 126 g/mol. The highest BCUT2D eigenvalue weighted by Crippen LogP contribution is 1.97. The van der Waals surface area contributed by atoms with Crippen LogP contribution in [-0.2, 0) is 13.0 Å². The Bertz CT molecular complexity index is 244. The summed E-state index contributed by atoms with van der Waals surface area (Å²) in [5.74, 6) is 0. The Morgan fingerprint density at radius 2 is 2.60 bits per heavy atom. The van der Waals surface area contributed by atoms with Gasteiger partial charge in [0.15, 0.2) is 0 Å². The van der Waals surface area contributed by atoms with Crippen LogP contribution in [0, 0.1) is 11.3 Å². The molecule has 0 aromatic carbocycles. The predicted molar refractivity (Wildman–Crippen MR) is 37.2 cm³/mol. The molecule has 0 atom stereocenters. The van der Waals surface area contributed by atoms with Gasteiger partial charge in [0, 0.05) is 11.9 Å². The van der Waals surface area contributed by atoms with Gasteiger partial charge in [0.05, 0.1) is 6.07 Å². The van der Waals surface area contributed by atoms with Crippen LogP contribution in [0.1, 0.15) is 12.6 Å². The maximum absolute atomic E-state index is 8.35. The summed E-state index contributed by atoms with van der Waals surface area (Å²) >= 11 is 0. The Kier molecular flexibility index (Phi) is 2.06. The molecule has 52 valence electrons. The van der Waals surface area contributed by atoms with Crippen molar-refractivity contribution in [1.82, 2.24) is 9.78 Å². The molecule has 0 unspecified atom stereocenters. The van der Waals surface area contributed by atoms with Gasteiger partial charge in [-0.2, -0.15) is 10.4 Å². The van der Waals surface area contributed by atoms with Crippen molar-refractivity contribution < 1.29 is 0 Å². The molecule has 1 aromatic rings. The van der Waals surface area contributed by atoms with Gasteiger partial charge in [-0.05, 0) is 12.5 Å². The fourth-order valence-electron chi connectivity index (χ4n) is 0.870. The Morgan fingerprint density at radius 1 is 1.80 bits per heavy atom. The Labute approximate surface area is 59.9 Å². The Morgan fingerprint density at radius 3 is 3.20 bits per heavy atom. The normalized spacial score (nSPS) is 9.20. The summed E-state index contributed by atoms with van der Waals surface area (Å²) in [7, 11) is 0. The maximum atomic E-state index is 8.35. The van der Waals surface area contributed by atoms with Gasteiger partial charge in [-0.15, -0.1) is 0 Å². The zero-order valence-corrected chi connectivity index (χ0v) is 5.91. The van der Waals surface area contributed by atoms with E-state index in [9.17, 15) is 0 Å². The van der Waals surface area contributed by atoms with Crippen LogP contribution in [0.15, 0.2) is 12.3 Å². The van der Waals surface area contributed by atoms with E-state index in [1.807, 2.05) is 19.1 Å². The van der Waals surface area contributed by atoms with Gasteiger partial charge in [-0.1, -0.05) is 6.92 Å². The number of hydrogen-bond acceptors (Lipinski definition) is 2. The Hall–Kier alpha value is -1.30. The van der Waals surface area contributed by atoms with E-state index in [2.05, 4.69) is 5.10 Å². The molecule has 0 bridgehead atoms. The lowest BCUT2D eigenvalue weighted by Crippen LogP contribution is -2.01. The minimum absolute atomic E-state index is 0.357. The lowest BCUT2D eigenvalue weighted by Gasteiger charge is -1.97. The number of rotatable bonds is 2. The largest absolute Gasteiger partial charge is 0.255 e. The van der Waals surface area contributed by atoms with Crippen LogP contribution < -0.4 is 0 Å². The van der Waals surface area contributed by atoms with Crippen molar-refractivity contribution in [3.05, 3.63) is 18.0 Å². The van der Waals surface area contributed by atoms with Gasteiger partial charge >= 0.3 is 0 Å². The third-order valence-electron chi connectivity index (χ3n) is 1.39. The van der Waals surface area contributed by atoms with Crippen molar-refractivity contribution in [3.8, 4) is 6.07 Å². The summed E-state index contributed by atoms with van der Waals surface area (Å²) in [6.45, 7) is 2.40. The number of hydrogen-bond donors (Lipinski definition) is 0. The smallest absolute Gasteiger partial charge is 0.128 e. The molecule has 0 N–H and O–H groups in total. The highest BCUT2D eigenvalue weighted by atomic mass is 15.3. The predicted octanol–water partition coefficient (Wildman–Crippen LogP) is 0.969. The highest BCUT2D eigenvalue weighted by Gasteiger charge is 1.96. The van der Waals surface area contributed by atoms with Crippen molar-refractivity contribution in [2.24, 2.45) is 0 Å². The van der Waals surface area contributed by atoms with Gasteiger partial charge in [0.25, 0.3) is 0 Å². The second-order valence-electron chi connectivity index (χ2n) is 1.99. The van der Waals surface area contributed by atoms with Crippen molar-refractivity contribution in [2.45, 2.75) is 19.9 Å². The number of aromatic nitrogens is 2. The standard InChI is InChI=1S/C7H9N3/c1-2-7-3-5-9-10(7)6-4-8/h3,5H,2,6H2,1H3. The molecule has 0 saturated heterocycles. The van der Waals surface area contributed by atoms with Gasteiger partial charge in [0.2, 0.25) is 0 Å². The molecule has 0 aliphatic heterocycles. The van der Waals surface area contributed by atoms with Crippen LogP contribution in [-0.4, -0.2) is 9.78 Å². The zero-order valence-electron chi connectivity index (χ0n) is 5.91. The summed E-state index contributed by atoms with van der Waals surface area (Å²) in [5.41, 5.74) is 1.11. The van der Waals surface area contributed by atoms with Gasteiger partial charge < -0.3 is 0 Å². The SMILES string of the molecule is CCc1ccnn1CC#N. The quantitative estimate of drug-likeness (QED) is 0.606. The topological polar surface area (TPSA) is 41.6 Å². The van der Waals surface area contributed by atoms with E-state index in [-0.39, 0.29) is 0 Å². The van der Waals surface area contributed by atoms with Crippen molar-refractivity contribution >= 4 is 0 Å². The second-order valence-corrected chi connectivity index (χ2v) is 1.99. The summed E-state index contributed by atoms with van der Waals surface area (Å²) in [5, 5.41) is 12.3. The molecule has 1 rings (SSSR count). The molecule has 0 radical (unpaired) electrons. The van der Waals surface area contributed by atoms with Crippen molar-refractivity contribution in [1.29, 1.82) is 5.26 Å². The fraction of sp³-hybridized carbons (Fsp3) is 0.429. The fourth-order valence-corrected chi connectivity index (χ4v) is 0.870. The van der Waals surface area contributed by atoms with Crippen LogP contribution in [0.25, 0.3) is 0 Å². The molecule has 1 aromatic heterocycles. The third-order valence-corrected chi connectivity index (χ3v) is 1.39. The van der Waals surface area contributed by atoms with Crippen molar-refractivity contribution in [2.75, 3.05) is 0 Å². The number of aryl methyl sites for hydroxylation is 1. The summed E-state index contributed by atoms with van der Waals surface area (Å²) in [6.07, 6.45) is 2.65. The van der Waals surface area contributed by atoms with Crippen LogP contribution in [0.3, 0.4) is 0 Å². The minimum Gasteiger partial charge on any atom is -0.255 e. The molecular formula is C7H9N3. The highest BCUT2D eigenvalue weighted by molar-refractivity contribution is 5.00. The molecule has 10 heavy (non-hydrogen) atoms. The number of nitrogens with zero attached hydrogens (tertiary/aromatic N) is 3. The lowest BCUT2D eigenvalue weighted by atomic mass is 10.3. The van der Waals surface area contributed by atoms with Crippen LogP contribution >= 0.6 is 0 Å². The van der Waals surface area contributed by atoms with Gasteiger partial charge in [-0.25, -0.2) is 0 Å². The first-order valence-corrected chi connectivity index (χ1v) is 3.26. The number of nitriles is 1. The van der Waals surface area contributed by atoms with Gasteiger partial charge in [-0.3, -0.25) is 4.68 Å². The second kappa shape index (κ2) is 3.02. The first-order chi connectivity index (χ1) is 4.88. The maximum Gasteiger partial charge on any atom is 0.128 e. The Balaban J connectivity index is 2.82. The van der Waals surface area contributed by atoms with E-state index >= 15 is 0 Å². The molecule has 0 amide bonds. The average Bonchev–Trinajstić information content (AvgIpc) is 2.36. The first kappa shape index (κ1) is 6.81. The van der Waals surface area contributed by atoms with E-state index in [1.54, 1.807) is 10.9 Å². The van der Waals surface area contributed by atoms with Crippen LogP contribution in [0.4, 0.5) is 0 Å².